The van der Waals surface area contributed by atoms with Gasteiger partial charge < -0.3 is 38.4 Å². The molecule has 2 saturated heterocycles. The van der Waals surface area contributed by atoms with Gasteiger partial charge >= 0.3 is 13.5 Å². The van der Waals surface area contributed by atoms with Crippen molar-refractivity contribution in [2.75, 3.05) is 18.5 Å². The Morgan fingerprint density at radius 3 is 2.73 bits per heavy atom. The van der Waals surface area contributed by atoms with Crippen LogP contribution in [-0.4, -0.2) is 88.8 Å². The number of nitrogens with one attached hydrogen (secondary N) is 2. The molecule has 3 unspecified atom stereocenters. The maximum atomic E-state index is 13.6. The van der Waals surface area contributed by atoms with Crippen LogP contribution in [0.4, 0.5) is 5.95 Å². The summed E-state index contributed by atoms with van der Waals surface area (Å²) < 4.78 is 50.0. The third-order valence-corrected chi connectivity index (χ3v) is 10.5. The molecule has 17 nitrogen and oxygen atoms in total. The second-order valence-electron chi connectivity index (χ2n) is 11.9. The van der Waals surface area contributed by atoms with Crippen molar-refractivity contribution in [1.29, 1.82) is 0 Å². The standard InChI is InChI=1S/C24H33N7O10P2S2/c1-24(2,3)30-23-28-20-17(21(33)29-23)27-11-31(20)22-19-18(32)15(39-22)9-37-42(34,44)40-14-7-13(38-16-4-5-25-10-26-16)6-12(14)8-36-43(35,45)41-19/h4-5,10-15,18-19,22,32H,6-9H2,1-3H3,(H,34,44)(H,35,45)(H2,28,29,30,33)/t12?,13-,14+,15-,18-,19-,22-,42?,43?/m1/s1. The van der Waals surface area contributed by atoms with Gasteiger partial charge in [0.15, 0.2) is 17.4 Å². The molecule has 1 aliphatic carbocycles. The first kappa shape index (κ1) is 32.9. The average Bonchev–Trinajstić information content (AvgIpc) is 3.61. The summed E-state index contributed by atoms with van der Waals surface area (Å²) in [4.78, 5) is 43.1. The Hall–Kier alpha value is -2.02. The van der Waals surface area contributed by atoms with Crippen molar-refractivity contribution in [3.05, 3.63) is 35.3 Å². The number of H-pyrrole nitrogens is 1. The number of imidazole rings is 1. The molecule has 0 radical (unpaired) electrons. The van der Waals surface area contributed by atoms with Gasteiger partial charge in [0.25, 0.3) is 5.56 Å². The number of hydrogen-bond donors (Lipinski definition) is 5. The molecule has 5 heterocycles. The van der Waals surface area contributed by atoms with Crippen molar-refractivity contribution in [1.82, 2.24) is 29.5 Å². The second-order valence-corrected chi connectivity index (χ2v) is 17.6. The fourth-order valence-electron chi connectivity index (χ4n) is 5.42. The number of aromatic nitrogens is 6. The van der Waals surface area contributed by atoms with E-state index in [0.717, 1.165) is 0 Å². The molecule has 2 bridgehead atoms. The van der Waals surface area contributed by atoms with Crippen LogP contribution in [-0.2, 0) is 39.2 Å². The molecule has 3 fully saturated rings. The van der Waals surface area contributed by atoms with E-state index in [1.807, 2.05) is 20.8 Å². The average molecular weight is 706 g/mol. The Labute approximate surface area is 267 Å². The largest absolute Gasteiger partial charge is 0.474 e. The number of anilines is 1. The zero-order chi connectivity index (χ0) is 32.1. The molecule has 2 aliphatic heterocycles. The summed E-state index contributed by atoms with van der Waals surface area (Å²) in [6.07, 6.45) is -1.39. The van der Waals surface area contributed by atoms with Crippen LogP contribution >= 0.6 is 25.8 Å². The lowest BCUT2D eigenvalue weighted by molar-refractivity contribution is -0.0502. The van der Waals surface area contributed by atoms with Gasteiger partial charge in [0, 0.05) is 30.1 Å². The van der Waals surface area contributed by atoms with E-state index in [-0.39, 0.29) is 23.7 Å². The minimum Gasteiger partial charge on any atom is -0.474 e. The molecule has 3 aromatic heterocycles. The van der Waals surface area contributed by atoms with E-state index in [0.29, 0.717) is 18.7 Å². The lowest BCUT2D eigenvalue weighted by atomic mass is 10.1. The lowest BCUT2D eigenvalue weighted by Gasteiger charge is -2.27. The first-order chi connectivity index (χ1) is 21.2. The van der Waals surface area contributed by atoms with Crippen molar-refractivity contribution < 1.29 is 42.1 Å². The van der Waals surface area contributed by atoms with E-state index in [2.05, 4.69) is 42.5 Å². The van der Waals surface area contributed by atoms with E-state index in [4.69, 9.17) is 39.4 Å². The molecular formula is C24H33N7O10P2S2. The molecule has 0 amide bonds. The molecule has 21 heteroatoms. The maximum absolute atomic E-state index is 13.6. The van der Waals surface area contributed by atoms with Crippen molar-refractivity contribution in [2.24, 2.45) is 5.92 Å². The molecule has 4 N–H and O–H groups in total. The molecule has 9 atom stereocenters. The number of rotatable bonds is 4. The van der Waals surface area contributed by atoms with Crippen molar-refractivity contribution in [2.45, 2.75) is 75.9 Å². The van der Waals surface area contributed by atoms with Crippen molar-refractivity contribution in [3.8, 4) is 5.88 Å². The second kappa shape index (κ2) is 12.5. The molecule has 6 rings (SSSR count). The molecule has 3 aromatic rings. The molecular weight excluding hydrogens is 672 g/mol. The monoisotopic (exact) mass is 705 g/mol. The summed E-state index contributed by atoms with van der Waals surface area (Å²) in [6, 6.07) is 1.61. The number of nitrogens with zero attached hydrogens (tertiary/aromatic N) is 5. The molecule has 45 heavy (non-hydrogen) atoms. The fourth-order valence-corrected chi connectivity index (χ4v) is 8.43. The third-order valence-electron chi connectivity index (χ3n) is 7.32. The summed E-state index contributed by atoms with van der Waals surface area (Å²) in [7, 11) is 0. The van der Waals surface area contributed by atoms with Crippen LogP contribution in [0.2, 0.25) is 0 Å². The first-order valence-corrected chi connectivity index (χ1v) is 19.3. The van der Waals surface area contributed by atoms with Crippen molar-refractivity contribution in [3.63, 3.8) is 0 Å². The summed E-state index contributed by atoms with van der Waals surface area (Å²) >= 11 is 9.50. The summed E-state index contributed by atoms with van der Waals surface area (Å²) in [5.41, 5.74) is -0.849. The third kappa shape index (κ3) is 7.60. The van der Waals surface area contributed by atoms with Gasteiger partial charge in [-0.2, -0.15) is 4.98 Å². The van der Waals surface area contributed by atoms with Crippen LogP contribution in [0, 0.1) is 5.92 Å². The Morgan fingerprint density at radius 2 is 2.00 bits per heavy atom. The highest BCUT2D eigenvalue weighted by atomic mass is 32.7. The van der Waals surface area contributed by atoms with Gasteiger partial charge in [-0.05, 0) is 39.0 Å². The Kier molecular flexibility index (Phi) is 9.17. The minimum absolute atomic E-state index is 0.00372. The van der Waals surface area contributed by atoms with Crippen molar-refractivity contribution >= 4 is 54.7 Å². The number of ether oxygens (including phenoxy) is 2. The molecule has 1 saturated carbocycles. The van der Waals surface area contributed by atoms with Crippen LogP contribution in [0.3, 0.4) is 0 Å². The molecule has 3 aliphatic rings. The zero-order valence-corrected chi connectivity index (χ0v) is 27.8. The maximum Gasteiger partial charge on any atom is 0.386 e. The predicted octanol–water partition coefficient (Wildman–Crippen LogP) is 2.31. The molecule has 0 aromatic carbocycles. The highest BCUT2D eigenvalue weighted by Crippen LogP contribution is 2.58. The topological polar surface area (TPSA) is 214 Å². The van der Waals surface area contributed by atoms with Crippen LogP contribution in [0.5, 0.6) is 5.88 Å². The lowest BCUT2D eigenvalue weighted by Crippen LogP contribution is -2.35. The Balaban J connectivity index is 1.28. The van der Waals surface area contributed by atoms with Gasteiger partial charge in [-0.3, -0.25) is 18.9 Å². The highest BCUT2D eigenvalue weighted by molar-refractivity contribution is 8.44. The number of hydrogen-bond acceptors (Lipinski definition) is 15. The Morgan fingerprint density at radius 1 is 1.20 bits per heavy atom. The van der Waals surface area contributed by atoms with Gasteiger partial charge in [0.1, 0.15) is 30.7 Å². The normalized spacial score (nSPS) is 36.1. The van der Waals surface area contributed by atoms with Crippen LogP contribution in [0.1, 0.15) is 39.8 Å². The molecule has 0 spiro atoms. The zero-order valence-electron chi connectivity index (χ0n) is 24.3. The summed E-state index contributed by atoms with van der Waals surface area (Å²) in [6.45, 7) is -2.95. The van der Waals surface area contributed by atoms with E-state index in [1.165, 1.54) is 17.2 Å². The van der Waals surface area contributed by atoms with Gasteiger partial charge in [-0.15, -0.1) is 0 Å². The molecule has 246 valence electrons. The SMILES string of the molecule is CC(C)(C)Nc1nc2c(ncn2[C@@H]2O[C@@H]3COP(O)(=S)O[C@H]4C[C@H](Oc5ccncn5)CC4COP(=O)(S)O[C@@H]2[C@@H]3O)c(=O)[nH]1. The van der Waals surface area contributed by atoms with Gasteiger partial charge in [0.05, 0.1) is 25.6 Å². The van der Waals surface area contributed by atoms with Crippen LogP contribution in [0.25, 0.3) is 11.2 Å². The predicted molar refractivity (Wildman–Crippen MR) is 165 cm³/mol. The van der Waals surface area contributed by atoms with Crippen LogP contribution < -0.4 is 15.6 Å². The highest BCUT2D eigenvalue weighted by Gasteiger charge is 2.51. The minimum atomic E-state index is -4.17. The summed E-state index contributed by atoms with van der Waals surface area (Å²) in [5.74, 6) is 0.0801. The number of aliphatic hydroxyl groups is 1. The quantitative estimate of drug-likeness (QED) is 0.195. The first-order valence-electron chi connectivity index (χ1n) is 14.0. The van der Waals surface area contributed by atoms with E-state index < -0.39 is 73.9 Å². The van der Waals surface area contributed by atoms with Gasteiger partial charge in [-0.25, -0.2) is 19.5 Å². The number of fused-ring (bicyclic) bond motifs is 4. The number of aromatic amines is 1. The smallest absolute Gasteiger partial charge is 0.386 e. The Bertz CT molecular complexity index is 1690. The fraction of sp³-hybridized carbons (Fsp3) is 0.625. The summed E-state index contributed by atoms with van der Waals surface area (Å²) in [5, 5.41) is 14.4. The van der Waals surface area contributed by atoms with Crippen LogP contribution in [0.15, 0.2) is 29.7 Å². The number of thiol groups is 1. The van der Waals surface area contributed by atoms with E-state index in [9.17, 15) is 19.4 Å². The van der Waals surface area contributed by atoms with E-state index in [1.54, 1.807) is 12.3 Å². The van der Waals surface area contributed by atoms with Gasteiger partial charge in [-0.1, -0.05) is 12.2 Å². The van der Waals surface area contributed by atoms with E-state index >= 15 is 0 Å². The van der Waals surface area contributed by atoms with Gasteiger partial charge in [0.2, 0.25) is 11.8 Å². The number of aliphatic hydroxyl groups excluding tert-OH is 1.